The van der Waals surface area contributed by atoms with Crippen LogP contribution in [-0.4, -0.2) is 48.8 Å². The number of rotatable bonds is 3. The average Bonchev–Trinajstić information content (AvgIpc) is 3.26. The van der Waals surface area contributed by atoms with Crippen LogP contribution in [0.3, 0.4) is 0 Å². The third-order valence-corrected chi connectivity index (χ3v) is 4.62. The Balaban J connectivity index is 1.91. The molecule has 0 radical (unpaired) electrons. The maximum Gasteiger partial charge on any atom is 0.433 e. The van der Waals surface area contributed by atoms with Crippen molar-refractivity contribution in [3.63, 3.8) is 0 Å². The van der Waals surface area contributed by atoms with Crippen molar-refractivity contribution in [2.45, 2.75) is 33.1 Å². The van der Waals surface area contributed by atoms with Crippen LogP contribution in [0.1, 0.15) is 30.7 Å². The normalized spacial score (nSPS) is 16.4. The second kappa shape index (κ2) is 6.45. The predicted molar refractivity (Wildman–Crippen MR) is 98.2 cm³/mol. The molecule has 3 aromatic heterocycles. The number of piperidine rings is 1. The van der Waals surface area contributed by atoms with E-state index in [9.17, 15) is 10.1 Å². The van der Waals surface area contributed by atoms with Crippen LogP contribution in [0.25, 0.3) is 17.1 Å². The number of nitrogens with zero attached hydrogens (tertiary/aromatic N) is 7. The largest absolute Gasteiger partial charge is 0.433 e. The Bertz CT molecular complexity index is 1070. The first-order valence-electron chi connectivity index (χ1n) is 8.71. The lowest BCUT2D eigenvalue weighted by molar-refractivity contribution is -0.401. The number of fused-ring (bicyclic) bond motifs is 1. The lowest BCUT2D eigenvalue weighted by Crippen LogP contribution is -2.31. The van der Waals surface area contributed by atoms with E-state index in [2.05, 4.69) is 20.0 Å². The number of aryl methyl sites for hydroxylation is 2. The zero-order valence-corrected chi connectivity index (χ0v) is 15.3. The molecule has 0 unspecified atom stereocenters. The average molecular weight is 369 g/mol. The molecule has 0 N–H and O–H groups in total. The molecule has 3 aromatic rings. The zero-order chi connectivity index (χ0) is 19.1. The van der Waals surface area contributed by atoms with Crippen LogP contribution in [0.2, 0.25) is 0 Å². The Morgan fingerprint density at radius 2 is 2.07 bits per heavy atom. The molecule has 0 bridgehead atoms. The van der Waals surface area contributed by atoms with Crippen molar-refractivity contribution in [1.82, 2.24) is 24.5 Å². The molecule has 0 saturated carbocycles. The molecule has 0 aliphatic carbocycles. The highest BCUT2D eigenvalue weighted by atomic mass is 16.6. The van der Waals surface area contributed by atoms with Crippen LogP contribution < -0.4 is 0 Å². The van der Waals surface area contributed by atoms with E-state index in [1.165, 1.54) is 12.1 Å². The molecule has 1 saturated heterocycles. The molecule has 10 heteroatoms. The van der Waals surface area contributed by atoms with Crippen LogP contribution in [0.4, 0.5) is 11.8 Å². The number of hydrogen-bond acceptors (Lipinski definition) is 7. The Hall–Kier alpha value is -3.30. The summed E-state index contributed by atoms with van der Waals surface area (Å²) in [5, 5.41) is 15.4. The molecule has 140 valence electrons. The third-order valence-electron chi connectivity index (χ3n) is 4.62. The van der Waals surface area contributed by atoms with Gasteiger partial charge in [0, 0.05) is 25.6 Å². The number of hydrogen-bond donors (Lipinski definition) is 0. The summed E-state index contributed by atoms with van der Waals surface area (Å²) in [4.78, 5) is 26.3. The first-order chi connectivity index (χ1) is 12.9. The molecular formula is C17H19N7O3. The van der Waals surface area contributed by atoms with Crippen LogP contribution in [0.15, 0.2) is 21.5 Å². The second-order valence-corrected chi connectivity index (χ2v) is 6.58. The molecule has 27 heavy (non-hydrogen) atoms. The van der Waals surface area contributed by atoms with Gasteiger partial charge in [-0.2, -0.15) is 9.51 Å². The summed E-state index contributed by atoms with van der Waals surface area (Å²) in [6.07, 6.45) is 3.07. The van der Waals surface area contributed by atoms with Gasteiger partial charge in [0.25, 0.3) is 5.95 Å². The minimum atomic E-state index is -0.573. The topological polar surface area (TPSA) is 115 Å². The summed E-state index contributed by atoms with van der Waals surface area (Å²) in [5.41, 5.74) is 1.80. The number of aliphatic imine (C=N–C) groups is 1. The summed E-state index contributed by atoms with van der Waals surface area (Å²) in [6.45, 7) is 4.58. The molecule has 0 spiro atoms. The molecule has 4 heterocycles. The Labute approximate surface area is 154 Å². The zero-order valence-electron chi connectivity index (χ0n) is 15.3. The minimum absolute atomic E-state index is 0.306. The van der Waals surface area contributed by atoms with Crippen LogP contribution in [-0.2, 0) is 0 Å². The lowest BCUT2D eigenvalue weighted by atomic mass is 10.1. The van der Waals surface area contributed by atoms with Gasteiger partial charge in [-0.15, -0.1) is 5.10 Å². The highest BCUT2D eigenvalue weighted by Gasteiger charge is 2.21. The summed E-state index contributed by atoms with van der Waals surface area (Å²) < 4.78 is 6.97. The molecule has 1 aliphatic rings. The standard InChI is InChI=1S/C17H19N7O3/c1-10-15(12-7-8-14(27-12)24(25)26)20-17(23-16(10)18-11(2)21-23)19-13-6-4-5-9-22(13)3/h7-8H,4-6,9H2,1-3H3. The number of amidine groups is 1. The number of likely N-dealkylation sites (tertiary alicyclic amines) is 1. The van der Waals surface area contributed by atoms with E-state index in [1.807, 2.05) is 14.0 Å². The molecular weight excluding hydrogens is 350 g/mol. The van der Waals surface area contributed by atoms with E-state index in [0.29, 0.717) is 28.9 Å². The van der Waals surface area contributed by atoms with Crippen molar-refractivity contribution in [1.29, 1.82) is 0 Å². The molecule has 10 nitrogen and oxygen atoms in total. The van der Waals surface area contributed by atoms with Gasteiger partial charge < -0.3 is 9.32 Å². The van der Waals surface area contributed by atoms with Gasteiger partial charge in [0.2, 0.25) is 0 Å². The number of furan rings is 1. The predicted octanol–water partition coefficient (Wildman–Crippen LogP) is 3.06. The summed E-state index contributed by atoms with van der Waals surface area (Å²) in [7, 11) is 2.01. The van der Waals surface area contributed by atoms with Crippen LogP contribution in [0.5, 0.6) is 0 Å². The summed E-state index contributed by atoms with van der Waals surface area (Å²) in [5.74, 6) is 1.89. The van der Waals surface area contributed by atoms with Crippen LogP contribution >= 0.6 is 0 Å². The van der Waals surface area contributed by atoms with E-state index < -0.39 is 4.92 Å². The van der Waals surface area contributed by atoms with Crippen molar-refractivity contribution >= 4 is 23.3 Å². The smallest absolute Gasteiger partial charge is 0.399 e. The maximum atomic E-state index is 10.9. The van der Waals surface area contributed by atoms with Crippen molar-refractivity contribution in [2.24, 2.45) is 4.99 Å². The SMILES string of the molecule is Cc1nc2c(C)c(-c3ccc([N+](=O)[O-])o3)nc(N=C3CCCCN3C)n2n1. The molecule has 0 atom stereocenters. The van der Waals surface area contributed by atoms with Crippen LogP contribution in [0, 0.1) is 24.0 Å². The fourth-order valence-electron chi connectivity index (χ4n) is 3.21. The Morgan fingerprint density at radius 3 is 2.78 bits per heavy atom. The lowest BCUT2D eigenvalue weighted by Gasteiger charge is -2.25. The van der Waals surface area contributed by atoms with Gasteiger partial charge in [-0.3, -0.25) is 10.1 Å². The minimum Gasteiger partial charge on any atom is -0.399 e. The fraction of sp³-hybridized carbons (Fsp3) is 0.412. The number of nitro groups is 1. The summed E-state index contributed by atoms with van der Waals surface area (Å²) in [6, 6.07) is 2.85. The molecule has 1 aliphatic heterocycles. The van der Waals surface area contributed by atoms with Crippen molar-refractivity contribution in [2.75, 3.05) is 13.6 Å². The Morgan fingerprint density at radius 1 is 1.26 bits per heavy atom. The fourth-order valence-corrected chi connectivity index (χ4v) is 3.21. The van der Waals surface area contributed by atoms with Crippen molar-refractivity contribution in [3.05, 3.63) is 33.6 Å². The number of aromatic nitrogens is 4. The maximum absolute atomic E-state index is 10.9. The van der Waals surface area contributed by atoms with Gasteiger partial charge in [-0.25, -0.2) is 9.97 Å². The van der Waals surface area contributed by atoms with Gasteiger partial charge in [0.1, 0.15) is 22.3 Å². The third kappa shape index (κ3) is 3.03. The van der Waals surface area contributed by atoms with E-state index in [-0.39, 0.29) is 5.88 Å². The van der Waals surface area contributed by atoms with E-state index in [0.717, 1.165) is 37.2 Å². The molecule has 0 amide bonds. The second-order valence-electron chi connectivity index (χ2n) is 6.58. The monoisotopic (exact) mass is 369 g/mol. The van der Waals surface area contributed by atoms with Gasteiger partial charge in [0.05, 0.1) is 6.07 Å². The first-order valence-corrected chi connectivity index (χ1v) is 8.71. The van der Waals surface area contributed by atoms with E-state index in [4.69, 9.17) is 9.41 Å². The Kier molecular flexibility index (Phi) is 4.09. The highest BCUT2D eigenvalue weighted by Crippen LogP contribution is 2.31. The van der Waals surface area contributed by atoms with E-state index in [1.54, 1.807) is 11.4 Å². The highest BCUT2D eigenvalue weighted by molar-refractivity contribution is 5.85. The van der Waals surface area contributed by atoms with Gasteiger partial charge in [0.15, 0.2) is 11.4 Å². The van der Waals surface area contributed by atoms with E-state index >= 15 is 0 Å². The van der Waals surface area contributed by atoms with Crippen molar-refractivity contribution < 1.29 is 9.34 Å². The van der Waals surface area contributed by atoms with Gasteiger partial charge in [-0.05, 0) is 32.8 Å². The van der Waals surface area contributed by atoms with Crippen molar-refractivity contribution in [3.8, 4) is 11.5 Å². The van der Waals surface area contributed by atoms with Gasteiger partial charge >= 0.3 is 5.88 Å². The molecule has 4 rings (SSSR count). The molecule has 1 fully saturated rings. The summed E-state index contributed by atoms with van der Waals surface area (Å²) >= 11 is 0. The first kappa shape index (κ1) is 17.1. The molecule has 0 aromatic carbocycles. The quantitative estimate of drug-likeness (QED) is 0.514. The van der Waals surface area contributed by atoms with Gasteiger partial charge in [-0.1, -0.05) is 0 Å².